The second-order valence-electron chi connectivity index (χ2n) is 9.45. The molecule has 0 radical (unpaired) electrons. The lowest BCUT2D eigenvalue weighted by atomic mass is 9.68. The Labute approximate surface area is 187 Å². The first-order valence-corrected chi connectivity index (χ1v) is 11.0. The standard InChI is InChI=1S/C27H25NO4/c1-4-21(30)32-16-11-9-15(10-12-16)22-23-19(13-27(2,3)14-20(23)29)28-25-17-7-5-6-8-18(17)26(31)24(22)25/h5-12,22,28H,4,13-14H2,1-3H3. The van der Waals surface area contributed by atoms with Gasteiger partial charge in [0.1, 0.15) is 5.75 Å². The average molecular weight is 428 g/mol. The lowest BCUT2D eigenvalue weighted by molar-refractivity contribution is -0.134. The third kappa shape index (κ3) is 3.20. The molecule has 1 aliphatic heterocycles. The Balaban J connectivity index is 1.64. The van der Waals surface area contributed by atoms with Crippen LogP contribution >= 0.6 is 0 Å². The lowest BCUT2D eigenvalue weighted by Gasteiger charge is -2.39. The van der Waals surface area contributed by atoms with Crippen molar-refractivity contribution < 1.29 is 19.1 Å². The van der Waals surface area contributed by atoms with Gasteiger partial charge in [-0.25, -0.2) is 0 Å². The molecule has 0 saturated carbocycles. The highest BCUT2D eigenvalue weighted by molar-refractivity contribution is 6.23. The molecule has 0 fully saturated rings. The number of ketones is 2. The van der Waals surface area contributed by atoms with Gasteiger partial charge in [-0.3, -0.25) is 14.4 Å². The molecule has 2 aliphatic carbocycles. The highest BCUT2D eigenvalue weighted by Gasteiger charge is 2.46. The molecule has 1 N–H and O–H groups in total. The van der Waals surface area contributed by atoms with Crippen LogP contribution in [0, 0.1) is 5.41 Å². The van der Waals surface area contributed by atoms with Crippen molar-refractivity contribution in [1.29, 1.82) is 0 Å². The van der Waals surface area contributed by atoms with Crippen molar-refractivity contribution in [2.75, 3.05) is 0 Å². The smallest absolute Gasteiger partial charge is 0.310 e. The van der Waals surface area contributed by atoms with Gasteiger partial charge in [0, 0.05) is 46.7 Å². The van der Waals surface area contributed by atoms with E-state index in [1.54, 1.807) is 19.1 Å². The molecule has 3 aliphatic rings. The maximum atomic E-state index is 13.5. The van der Waals surface area contributed by atoms with Crippen LogP contribution in [-0.4, -0.2) is 17.5 Å². The van der Waals surface area contributed by atoms with E-state index >= 15 is 0 Å². The summed E-state index contributed by atoms with van der Waals surface area (Å²) in [4.78, 5) is 38.5. The van der Waals surface area contributed by atoms with E-state index in [2.05, 4.69) is 19.2 Å². The molecule has 1 atom stereocenters. The van der Waals surface area contributed by atoms with E-state index in [4.69, 9.17) is 4.74 Å². The molecule has 2 aromatic rings. The van der Waals surface area contributed by atoms with Gasteiger partial charge in [0.05, 0.1) is 5.70 Å². The van der Waals surface area contributed by atoms with Gasteiger partial charge >= 0.3 is 5.97 Å². The molecule has 32 heavy (non-hydrogen) atoms. The molecule has 2 aromatic carbocycles. The van der Waals surface area contributed by atoms with Gasteiger partial charge in [0.15, 0.2) is 11.6 Å². The van der Waals surface area contributed by atoms with Crippen LogP contribution in [0.1, 0.15) is 67.4 Å². The van der Waals surface area contributed by atoms with E-state index in [1.165, 1.54) is 0 Å². The first-order valence-electron chi connectivity index (χ1n) is 11.0. The van der Waals surface area contributed by atoms with E-state index < -0.39 is 5.92 Å². The number of benzene rings is 2. The van der Waals surface area contributed by atoms with Crippen molar-refractivity contribution in [3.8, 4) is 5.75 Å². The van der Waals surface area contributed by atoms with Crippen molar-refractivity contribution >= 4 is 23.2 Å². The minimum atomic E-state index is -0.444. The van der Waals surface area contributed by atoms with E-state index in [0.29, 0.717) is 35.3 Å². The number of esters is 1. The molecule has 1 heterocycles. The second-order valence-corrected chi connectivity index (χ2v) is 9.45. The topological polar surface area (TPSA) is 72.5 Å². The molecule has 162 valence electrons. The van der Waals surface area contributed by atoms with Crippen LogP contribution in [0.15, 0.2) is 65.4 Å². The van der Waals surface area contributed by atoms with Gasteiger partial charge in [0.25, 0.3) is 0 Å². The fraction of sp³-hybridized carbons (Fsp3) is 0.296. The van der Waals surface area contributed by atoms with Crippen LogP contribution in [0.2, 0.25) is 0 Å². The summed E-state index contributed by atoms with van der Waals surface area (Å²) in [5.41, 5.74) is 5.26. The minimum Gasteiger partial charge on any atom is -0.427 e. The number of carbonyl (C=O) groups excluding carboxylic acids is 3. The number of Topliss-reactive ketones (excluding diaryl/α,β-unsaturated/α-hetero) is 2. The number of nitrogens with one attached hydrogen (secondary N) is 1. The monoisotopic (exact) mass is 427 g/mol. The third-order valence-corrected chi connectivity index (χ3v) is 6.46. The van der Waals surface area contributed by atoms with Crippen LogP contribution in [-0.2, 0) is 9.59 Å². The molecule has 0 saturated heterocycles. The Hall–Kier alpha value is -3.47. The molecule has 0 aromatic heterocycles. The van der Waals surface area contributed by atoms with Gasteiger partial charge < -0.3 is 10.1 Å². The Bertz CT molecular complexity index is 1230. The quantitative estimate of drug-likeness (QED) is 0.555. The highest BCUT2D eigenvalue weighted by atomic mass is 16.5. The summed E-state index contributed by atoms with van der Waals surface area (Å²) in [5, 5.41) is 3.48. The molecule has 5 heteroatoms. The van der Waals surface area contributed by atoms with Gasteiger partial charge in [-0.2, -0.15) is 0 Å². The number of fused-ring (bicyclic) bond motifs is 2. The summed E-state index contributed by atoms with van der Waals surface area (Å²) in [5.74, 6) is -0.263. The van der Waals surface area contributed by atoms with Gasteiger partial charge in [-0.1, -0.05) is 57.2 Å². The lowest BCUT2D eigenvalue weighted by Crippen LogP contribution is -2.37. The maximum absolute atomic E-state index is 13.5. The first-order chi connectivity index (χ1) is 15.3. The molecule has 1 unspecified atom stereocenters. The van der Waals surface area contributed by atoms with Crippen molar-refractivity contribution in [2.24, 2.45) is 5.41 Å². The highest BCUT2D eigenvalue weighted by Crippen LogP contribution is 2.51. The average Bonchev–Trinajstić information content (AvgIpc) is 3.04. The molecule has 0 spiro atoms. The number of ether oxygens (including phenoxy) is 1. The Morgan fingerprint density at radius 3 is 2.38 bits per heavy atom. The summed E-state index contributed by atoms with van der Waals surface area (Å²) in [6.07, 6.45) is 1.48. The molecule has 5 nitrogen and oxygen atoms in total. The number of allylic oxidation sites excluding steroid dienone is 3. The summed E-state index contributed by atoms with van der Waals surface area (Å²) in [6.45, 7) is 5.94. The van der Waals surface area contributed by atoms with Gasteiger partial charge in [-0.05, 0) is 29.5 Å². The van der Waals surface area contributed by atoms with Gasteiger partial charge in [-0.15, -0.1) is 0 Å². The molecule has 5 rings (SSSR count). The summed E-state index contributed by atoms with van der Waals surface area (Å²) >= 11 is 0. The number of dihydropyridines is 1. The largest absolute Gasteiger partial charge is 0.427 e. The number of hydrogen-bond donors (Lipinski definition) is 1. The Morgan fingerprint density at radius 2 is 1.69 bits per heavy atom. The molecule has 0 amide bonds. The van der Waals surface area contributed by atoms with Crippen molar-refractivity contribution in [1.82, 2.24) is 5.32 Å². The zero-order valence-electron chi connectivity index (χ0n) is 18.5. The third-order valence-electron chi connectivity index (χ3n) is 6.46. The van der Waals surface area contributed by atoms with Crippen LogP contribution < -0.4 is 10.1 Å². The summed E-state index contributed by atoms with van der Waals surface area (Å²) in [6, 6.07) is 14.8. The van der Waals surface area contributed by atoms with Crippen molar-refractivity contribution in [3.63, 3.8) is 0 Å². The minimum absolute atomic E-state index is 0.0428. The van der Waals surface area contributed by atoms with Crippen LogP contribution in [0.4, 0.5) is 0 Å². The summed E-state index contributed by atoms with van der Waals surface area (Å²) in [7, 11) is 0. The maximum Gasteiger partial charge on any atom is 0.310 e. The fourth-order valence-electron chi connectivity index (χ4n) is 5.05. The molecular weight excluding hydrogens is 402 g/mol. The van der Waals surface area contributed by atoms with E-state index in [0.717, 1.165) is 28.9 Å². The number of hydrogen-bond acceptors (Lipinski definition) is 5. The second kappa shape index (κ2) is 7.30. The summed E-state index contributed by atoms with van der Waals surface area (Å²) < 4.78 is 5.31. The van der Waals surface area contributed by atoms with Crippen LogP contribution in [0.25, 0.3) is 5.70 Å². The zero-order valence-corrected chi connectivity index (χ0v) is 18.5. The molecular formula is C27H25NO4. The predicted octanol–water partition coefficient (Wildman–Crippen LogP) is 4.94. The Kier molecular flexibility index (Phi) is 4.66. The normalized spacial score (nSPS) is 21.0. The van der Waals surface area contributed by atoms with E-state index in [9.17, 15) is 14.4 Å². The van der Waals surface area contributed by atoms with Crippen molar-refractivity contribution in [3.05, 3.63) is 82.1 Å². The zero-order chi connectivity index (χ0) is 22.6. The Morgan fingerprint density at radius 1 is 1.00 bits per heavy atom. The predicted molar refractivity (Wildman–Crippen MR) is 121 cm³/mol. The van der Waals surface area contributed by atoms with Gasteiger partial charge in [0.2, 0.25) is 0 Å². The molecule has 0 bridgehead atoms. The number of carbonyl (C=O) groups is 3. The van der Waals surface area contributed by atoms with Crippen LogP contribution in [0.5, 0.6) is 5.75 Å². The van der Waals surface area contributed by atoms with E-state index in [1.807, 2.05) is 36.4 Å². The van der Waals surface area contributed by atoms with Crippen molar-refractivity contribution in [2.45, 2.75) is 46.0 Å². The first kappa shape index (κ1) is 20.4. The van der Waals surface area contributed by atoms with Crippen LogP contribution in [0.3, 0.4) is 0 Å². The number of rotatable bonds is 3. The van der Waals surface area contributed by atoms with E-state index in [-0.39, 0.29) is 23.0 Å². The SMILES string of the molecule is CCC(=O)Oc1ccc(C2C3=C(CC(C)(C)CC3=O)NC3=C2C(=O)c2ccccc23)cc1. The fourth-order valence-corrected chi connectivity index (χ4v) is 5.05.